The van der Waals surface area contributed by atoms with Crippen LogP contribution in [0, 0.1) is 17.8 Å². The van der Waals surface area contributed by atoms with Crippen molar-refractivity contribution in [2.45, 2.75) is 39.7 Å². The highest BCUT2D eigenvalue weighted by atomic mass is 16.2. The van der Waals surface area contributed by atoms with E-state index in [4.69, 9.17) is 5.73 Å². The van der Waals surface area contributed by atoms with Gasteiger partial charge in [0.15, 0.2) is 0 Å². The largest absolute Gasteiger partial charge is 0.353 e. The Kier molecular flexibility index (Phi) is 3.93. The van der Waals surface area contributed by atoms with Crippen LogP contribution >= 0.6 is 0 Å². The van der Waals surface area contributed by atoms with Crippen molar-refractivity contribution in [1.82, 2.24) is 5.32 Å². The number of nitrogens with two attached hydrogens (primary N) is 1. The molecule has 1 fully saturated rings. The van der Waals surface area contributed by atoms with E-state index in [1.807, 2.05) is 13.8 Å². The molecule has 0 aliphatic heterocycles. The predicted molar refractivity (Wildman–Crippen MR) is 57.7 cm³/mol. The maximum Gasteiger partial charge on any atom is 0.224 e. The normalized spacial score (nSPS) is 27.5. The summed E-state index contributed by atoms with van der Waals surface area (Å²) in [6, 6.07) is 0.431. The van der Waals surface area contributed by atoms with Gasteiger partial charge in [-0.2, -0.15) is 0 Å². The molecule has 3 N–H and O–H groups in total. The topological polar surface area (TPSA) is 55.1 Å². The second-order valence-corrected chi connectivity index (χ2v) is 4.61. The lowest BCUT2D eigenvalue weighted by molar-refractivity contribution is -0.126. The van der Waals surface area contributed by atoms with Gasteiger partial charge in [0.1, 0.15) is 0 Å². The van der Waals surface area contributed by atoms with Crippen molar-refractivity contribution in [2.24, 2.45) is 23.5 Å². The Labute approximate surface area is 86.4 Å². The zero-order valence-electron chi connectivity index (χ0n) is 9.42. The fourth-order valence-corrected chi connectivity index (χ4v) is 1.85. The van der Waals surface area contributed by atoms with Gasteiger partial charge in [0.25, 0.3) is 0 Å². The molecule has 1 aliphatic carbocycles. The minimum atomic E-state index is -0.0203. The van der Waals surface area contributed by atoms with Gasteiger partial charge in [-0.3, -0.25) is 4.79 Å². The van der Waals surface area contributed by atoms with E-state index in [0.717, 1.165) is 6.42 Å². The molecular weight excluding hydrogens is 176 g/mol. The lowest BCUT2D eigenvalue weighted by Gasteiger charge is -2.18. The molecule has 14 heavy (non-hydrogen) atoms. The summed E-state index contributed by atoms with van der Waals surface area (Å²) in [5, 5.41) is 3.07. The third-order valence-corrected chi connectivity index (χ3v) is 3.17. The molecule has 82 valence electrons. The molecule has 0 aromatic carbocycles. The van der Waals surface area contributed by atoms with Crippen molar-refractivity contribution in [1.29, 1.82) is 0 Å². The van der Waals surface area contributed by atoms with E-state index >= 15 is 0 Å². The van der Waals surface area contributed by atoms with Gasteiger partial charge in [-0.15, -0.1) is 0 Å². The molecule has 3 unspecified atom stereocenters. The number of nitrogens with one attached hydrogen (secondary N) is 1. The third-order valence-electron chi connectivity index (χ3n) is 3.17. The van der Waals surface area contributed by atoms with Crippen molar-refractivity contribution in [2.75, 3.05) is 6.54 Å². The van der Waals surface area contributed by atoms with Gasteiger partial charge in [0.05, 0.1) is 5.92 Å². The molecule has 0 bridgehead atoms. The van der Waals surface area contributed by atoms with E-state index in [2.05, 4.69) is 12.2 Å². The summed E-state index contributed by atoms with van der Waals surface area (Å²) in [6.45, 7) is 6.70. The van der Waals surface area contributed by atoms with Crippen molar-refractivity contribution in [3.8, 4) is 0 Å². The van der Waals surface area contributed by atoms with Crippen LogP contribution in [0.2, 0.25) is 0 Å². The molecular formula is C11H22N2O. The van der Waals surface area contributed by atoms with Gasteiger partial charge in [0.2, 0.25) is 5.91 Å². The number of rotatable bonds is 5. The van der Waals surface area contributed by atoms with Crippen LogP contribution in [0.15, 0.2) is 0 Å². The number of carbonyl (C=O) groups excluding carboxylic acids is 1. The van der Waals surface area contributed by atoms with Crippen LogP contribution in [-0.4, -0.2) is 18.5 Å². The van der Waals surface area contributed by atoms with E-state index < -0.39 is 0 Å². The highest BCUT2D eigenvalue weighted by molar-refractivity contribution is 5.79. The second kappa shape index (κ2) is 4.78. The van der Waals surface area contributed by atoms with Crippen LogP contribution in [0.1, 0.15) is 33.6 Å². The first kappa shape index (κ1) is 11.5. The Morgan fingerprint density at radius 3 is 2.57 bits per heavy atom. The summed E-state index contributed by atoms with van der Waals surface area (Å²) in [7, 11) is 0. The van der Waals surface area contributed by atoms with E-state index in [1.54, 1.807) is 0 Å². The van der Waals surface area contributed by atoms with Gasteiger partial charge in [-0.25, -0.2) is 0 Å². The molecule has 1 saturated carbocycles. The van der Waals surface area contributed by atoms with Crippen LogP contribution in [0.5, 0.6) is 0 Å². The van der Waals surface area contributed by atoms with Crippen molar-refractivity contribution < 1.29 is 4.79 Å². The molecule has 0 radical (unpaired) electrons. The summed E-state index contributed by atoms with van der Waals surface area (Å²) in [4.78, 5) is 11.7. The standard InChI is InChI=1S/C11H22N2O/c1-4-8-5-10(8)13-11(14)9(6-12)7(2)3/h7-10H,4-6,12H2,1-3H3,(H,13,14). The fourth-order valence-electron chi connectivity index (χ4n) is 1.85. The van der Waals surface area contributed by atoms with Crippen LogP contribution in [0.25, 0.3) is 0 Å². The lowest BCUT2D eigenvalue weighted by atomic mass is 9.95. The Balaban J connectivity index is 2.34. The minimum Gasteiger partial charge on any atom is -0.353 e. The molecule has 3 atom stereocenters. The molecule has 0 aromatic rings. The summed E-state index contributed by atoms with van der Waals surface area (Å²) >= 11 is 0. The summed E-state index contributed by atoms with van der Waals surface area (Å²) in [6.07, 6.45) is 2.32. The van der Waals surface area contributed by atoms with Gasteiger partial charge in [-0.1, -0.05) is 27.2 Å². The van der Waals surface area contributed by atoms with Crippen molar-refractivity contribution in [3.63, 3.8) is 0 Å². The Morgan fingerprint density at radius 1 is 1.57 bits per heavy atom. The predicted octanol–water partition coefficient (Wildman–Crippen LogP) is 1.13. The summed E-state index contributed by atoms with van der Waals surface area (Å²) in [5.41, 5.74) is 5.58. The number of carbonyl (C=O) groups is 1. The smallest absolute Gasteiger partial charge is 0.224 e. The lowest BCUT2D eigenvalue weighted by Crippen LogP contribution is -2.39. The van der Waals surface area contributed by atoms with E-state index in [0.29, 0.717) is 24.4 Å². The van der Waals surface area contributed by atoms with Gasteiger partial charge in [-0.05, 0) is 18.3 Å². The number of hydrogen-bond donors (Lipinski definition) is 2. The zero-order valence-corrected chi connectivity index (χ0v) is 9.42. The van der Waals surface area contributed by atoms with E-state index in [-0.39, 0.29) is 11.8 Å². The minimum absolute atomic E-state index is 0.0203. The molecule has 0 heterocycles. The highest BCUT2D eigenvalue weighted by Crippen LogP contribution is 2.33. The van der Waals surface area contributed by atoms with Gasteiger partial charge in [0, 0.05) is 12.6 Å². The maximum absolute atomic E-state index is 11.7. The van der Waals surface area contributed by atoms with E-state index in [9.17, 15) is 4.79 Å². The Bertz CT molecular complexity index is 203. The second-order valence-electron chi connectivity index (χ2n) is 4.61. The van der Waals surface area contributed by atoms with Crippen LogP contribution in [0.3, 0.4) is 0 Å². The zero-order chi connectivity index (χ0) is 10.7. The Hall–Kier alpha value is -0.570. The summed E-state index contributed by atoms with van der Waals surface area (Å²) < 4.78 is 0. The molecule has 3 heteroatoms. The van der Waals surface area contributed by atoms with Gasteiger partial charge >= 0.3 is 0 Å². The average Bonchev–Trinajstić information content (AvgIpc) is 2.83. The highest BCUT2D eigenvalue weighted by Gasteiger charge is 2.37. The van der Waals surface area contributed by atoms with Gasteiger partial charge < -0.3 is 11.1 Å². The third kappa shape index (κ3) is 2.71. The summed E-state index contributed by atoms with van der Waals surface area (Å²) in [5.74, 6) is 1.17. The molecule has 0 spiro atoms. The molecule has 1 rings (SSSR count). The molecule has 0 aromatic heterocycles. The first-order valence-electron chi connectivity index (χ1n) is 5.60. The molecule has 1 aliphatic rings. The number of hydrogen-bond acceptors (Lipinski definition) is 2. The Morgan fingerprint density at radius 2 is 2.21 bits per heavy atom. The van der Waals surface area contributed by atoms with Crippen molar-refractivity contribution >= 4 is 5.91 Å². The average molecular weight is 198 g/mol. The SMILES string of the molecule is CCC1CC1NC(=O)C(CN)C(C)C. The van der Waals surface area contributed by atoms with E-state index in [1.165, 1.54) is 6.42 Å². The maximum atomic E-state index is 11.7. The molecule has 0 saturated heterocycles. The quantitative estimate of drug-likeness (QED) is 0.696. The fraction of sp³-hybridized carbons (Fsp3) is 0.909. The molecule has 3 nitrogen and oxygen atoms in total. The van der Waals surface area contributed by atoms with Crippen LogP contribution < -0.4 is 11.1 Å². The van der Waals surface area contributed by atoms with Crippen LogP contribution in [0.4, 0.5) is 0 Å². The molecule has 1 amide bonds. The monoisotopic (exact) mass is 198 g/mol. The number of amides is 1. The first-order valence-corrected chi connectivity index (χ1v) is 5.60. The van der Waals surface area contributed by atoms with Crippen molar-refractivity contribution in [3.05, 3.63) is 0 Å². The van der Waals surface area contributed by atoms with Crippen LogP contribution in [-0.2, 0) is 4.79 Å². The first-order chi connectivity index (χ1) is 6.60.